The molecule has 0 aromatic heterocycles. The van der Waals surface area contributed by atoms with Crippen molar-refractivity contribution in [3.05, 3.63) is 106 Å². The predicted molar refractivity (Wildman–Crippen MR) is 131 cm³/mol. The summed E-state index contributed by atoms with van der Waals surface area (Å²) in [6, 6.07) is 26.0. The van der Waals surface area contributed by atoms with Crippen molar-refractivity contribution in [2.24, 2.45) is 5.10 Å². The van der Waals surface area contributed by atoms with Gasteiger partial charge in [0.15, 0.2) is 0 Å². The van der Waals surface area contributed by atoms with Crippen molar-refractivity contribution < 1.29 is 4.79 Å². The normalized spacial score (nSPS) is 15.9. The summed E-state index contributed by atoms with van der Waals surface area (Å²) in [5, 5.41) is 6.38. The number of rotatable bonds is 5. The molecule has 1 amide bonds. The molecule has 1 aliphatic rings. The van der Waals surface area contributed by atoms with Crippen LogP contribution in [0.25, 0.3) is 6.08 Å². The first kappa shape index (κ1) is 21.1. The van der Waals surface area contributed by atoms with Gasteiger partial charge >= 0.3 is 0 Å². The molecule has 0 fully saturated rings. The van der Waals surface area contributed by atoms with Crippen LogP contribution in [0.5, 0.6) is 0 Å². The fraction of sp³-hybridized carbons (Fsp3) is 0.154. The van der Waals surface area contributed by atoms with Crippen molar-refractivity contribution in [1.29, 1.82) is 0 Å². The van der Waals surface area contributed by atoms with Crippen molar-refractivity contribution in [3.63, 3.8) is 0 Å². The first-order valence-corrected chi connectivity index (χ1v) is 11.0. The quantitative estimate of drug-likeness (QED) is 0.432. The maximum absolute atomic E-state index is 13.1. The minimum atomic E-state index is -0.140. The summed E-state index contributed by atoms with van der Waals surface area (Å²) in [5.74, 6) is -0.129. The molecule has 3 aromatic rings. The number of hydrogen-bond acceptors (Lipinski definition) is 3. The number of halogens is 1. The molecule has 31 heavy (non-hydrogen) atoms. The Kier molecular flexibility index (Phi) is 6.33. The van der Waals surface area contributed by atoms with Crippen molar-refractivity contribution in [1.82, 2.24) is 5.01 Å². The maximum Gasteiger partial charge on any atom is 0.267 e. The molecular weight excluding hydrogens is 450 g/mol. The van der Waals surface area contributed by atoms with E-state index in [0.29, 0.717) is 6.42 Å². The van der Waals surface area contributed by atoms with E-state index in [2.05, 4.69) is 39.0 Å². The molecule has 1 atom stereocenters. The van der Waals surface area contributed by atoms with E-state index in [1.165, 1.54) is 0 Å². The van der Waals surface area contributed by atoms with E-state index in [0.717, 1.165) is 32.6 Å². The lowest BCUT2D eigenvalue weighted by Crippen LogP contribution is -2.25. The number of hydrogen-bond donors (Lipinski definition) is 0. The molecule has 4 nitrogen and oxygen atoms in total. The van der Waals surface area contributed by atoms with Crippen LogP contribution >= 0.6 is 15.9 Å². The van der Waals surface area contributed by atoms with Gasteiger partial charge < -0.3 is 4.90 Å². The van der Waals surface area contributed by atoms with Gasteiger partial charge in [-0.1, -0.05) is 70.5 Å². The van der Waals surface area contributed by atoms with Gasteiger partial charge in [-0.05, 0) is 47.0 Å². The van der Waals surface area contributed by atoms with Crippen molar-refractivity contribution in [2.45, 2.75) is 12.5 Å². The van der Waals surface area contributed by atoms with Crippen LogP contribution in [0.4, 0.5) is 5.69 Å². The molecule has 0 spiro atoms. The molecule has 0 bridgehead atoms. The Morgan fingerprint density at radius 2 is 1.77 bits per heavy atom. The van der Waals surface area contributed by atoms with Crippen LogP contribution in [0.1, 0.15) is 29.2 Å². The van der Waals surface area contributed by atoms with E-state index in [1.807, 2.05) is 80.8 Å². The van der Waals surface area contributed by atoms with Gasteiger partial charge in [0.25, 0.3) is 5.91 Å². The number of amides is 1. The topological polar surface area (TPSA) is 35.9 Å². The third-order valence-corrected chi connectivity index (χ3v) is 5.83. The number of anilines is 1. The summed E-state index contributed by atoms with van der Waals surface area (Å²) in [4.78, 5) is 15.2. The minimum Gasteiger partial charge on any atom is -0.378 e. The van der Waals surface area contributed by atoms with Gasteiger partial charge in [0.1, 0.15) is 0 Å². The van der Waals surface area contributed by atoms with Crippen LogP contribution in [0.2, 0.25) is 0 Å². The third-order valence-electron chi connectivity index (χ3n) is 5.30. The summed E-state index contributed by atoms with van der Waals surface area (Å²) >= 11 is 3.49. The zero-order valence-electron chi connectivity index (χ0n) is 17.6. The first-order valence-electron chi connectivity index (χ1n) is 10.2. The van der Waals surface area contributed by atoms with Crippen LogP contribution < -0.4 is 4.90 Å². The smallest absolute Gasteiger partial charge is 0.267 e. The van der Waals surface area contributed by atoms with Crippen LogP contribution in [0, 0.1) is 0 Å². The second-order valence-corrected chi connectivity index (χ2v) is 8.61. The molecule has 4 rings (SSSR count). The van der Waals surface area contributed by atoms with E-state index in [-0.39, 0.29) is 11.9 Å². The average Bonchev–Trinajstić information content (AvgIpc) is 3.24. The van der Waals surface area contributed by atoms with E-state index in [1.54, 1.807) is 11.1 Å². The number of carbonyl (C=O) groups excluding carboxylic acids is 1. The van der Waals surface area contributed by atoms with Crippen molar-refractivity contribution in [2.75, 3.05) is 19.0 Å². The summed E-state index contributed by atoms with van der Waals surface area (Å²) < 4.78 is 1.01. The molecule has 0 N–H and O–H groups in total. The van der Waals surface area contributed by atoms with Crippen LogP contribution in [-0.2, 0) is 4.79 Å². The van der Waals surface area contributed by atoms with Crippen LogP contribution in [0.15, 0.2) is 94.5 Å². The van der Waals surface area contributed by atoms with Gasteiger partial charge in [-0.2, -0.15) is 5.10 Å². The molecule has 0 aliphatic carbocycles. The summed E-state index contributed by atoms with van der Waals surface area (Å²) in [7, 11) is 4.04. The third kappa shape index (κ3) is 4.94. The van der Waals surface area contributed by atoms with Crippen molar-refractivity contribution in [3.8, 4) is 0 Å². The highest BCUT2D eigenvalue weighted by molar-refractivity contribution is 9.10. The number of hydrazone groups is 1. The van der Waals surface area contributed by atoms with Crippen molar-refractivity contribution >= 4 is 39.3 Å². The van der Waals surface area contributed by atoms with Gasteiger partial charge in [0.05, 0.1) is 11.8 Å². The molecule has 1 unspecified atom stereocenters. The number of benzene rings is 3. The first-order chi connectivity index (χ1) is 15.0. The molecule has 0 saturated heterocycles. The number of carbonyl (C=O) groups is 1. The highest BCUT2D eigenvalue weighted by Gasteiger charge is 2.32. The maximum atomic E-state index is 13.1. The fourth-order valence-electron chi connectivity index (χ4n) is 3.60. The van der Waals surface area contributed by atoms with E-state index in [9.17, 15) is 4.79 Å². The Bertz CT molecular complexity index is 1120. The Balaban J connectivity index is 1.66. The highest BCUT2D eigenvalue weighted by Crippen LogP contribution is 2.34. The second kappa shape index (κ2) is 9.31. The molecule has 5 heteroatoms. The molecular formula is C26H24BrN3O. The summed E-state index contributed by atoms with van der Waals surface area (Å²) in [6.45, 7) is 0. The lowest BCUT2D eigenvalue weighted by molar-refractivity contribution is -0.127. The predicted octanol–water partition coefficient (Wildman–Crippen LogP) is 5.91. The molecule has 1 aliphatic heterocycles. The lowest BCUT2D eigenvalue weighted by atomic mass is 9.98. The second-order valence-electron chi connectivity index (χ2n) is 7.69. The molecule has 1 heterocycles. The Morgan fingerprint density at radius 3 is 2.48 bits per heavy atom. The van der Waals surface area contributed by atoms with Gasteiger partial charge in [0.2, 0.25) is 0 Å². The Morgan fingerprint density at radius 1 is 1.03 bits per heavy atom. The molecule has 3 aromatic carbocycles. The Labute approximate surface area is 191 Å². The largest absolute Gasteiger partial charge is 0.378 e. The molecule has 0 radical (unpaired) electrons. The molecule has 156 valence electrons. The fourth-order valence-corrected chi connectivity index (χ4v) is 3.87. The van der Waals surface area contributed by atoms with Gasteiger partial charge in [0, 0.05) is 36.8 Å². The Hall–Kier alpha value is -3.18. The SMILES string of the molecule is CN(C)c1cccc(C2=NN(C(=O)C=Cc3ccccc3)C(c3ccc(Br)cc3)C2)c1. The van der Waals surface area contributed by atoms with Gasteiger partial charge in [-0.25, -0.2) is 5.01 Å². The monoisotopic (exact) mass is 473 g/mol. The summed E-state index contributed by atoms with van der Waals surface area (Å²) in [6.07, 6.45) is 4.11. The van der Waals surface area contributed by atoms with Gasteiger partial charge in [-0.15, -0.1) is 0 Å². The van der Waals surface area contributed by atoms with Gasteiger partial charge in [-0.3, -0.25) is 4.79 Å². The van der Waals surface area contributed by atoms with E-state index < -0.39 is 0 Å². The van der Waals surface area contributed by atoms with Crippen LogP contribution in [-0.4, -0.2) is 30.7 Å². The molecule has 0 saturated carbocycles. The van der Waals surface area contributed by atoms with E-state index >= 15 is 0 Å². The van der Waals surface area contributed by atoms with E-state index in [4.69, 9.17) is 5.10 Å². The minimum absolute atomic E-state index is 0.129. The zero-order chi connectivity index (χ0) is 21.8. The average molecular weight is 474 g/mol. The standard InChI is InChI=1S/C26H24BrN3O/c1-29(2)23-10-6-9-21(17-23)24-18-25(20-12-14-22(27)15-13-20)30(28-24)26(31)16-11-19-7-4-3-5-8-19/h3-17,25H,18H2,1-2H3. The lowest BCUT2D eigenvalue weighted by Gasteiger charge is -2.20. The highest BCUT2D eigenvalue weighted by atomic mass is 79.9. The number of nitrogens with zero attached hydrogens (tertiary/aromatic N) is 3. The van der Waals surface area contributed by atoms with Crippen LogP contribution in [0.3, 0.4) is 0 Å². The summed E-state index contributed by atoms with van der Waals surface area (Å²) in [5.41, 5.74) is 5.10. The zero-order valence-corrected chi connectivity index (χ0v) is 19.2.